The molecule has 16 heavy (non-hydrogen) atoms. The normalized spacial score (nSPS) is 11.0. The van der Waals surface area contributed by atoms with Crippen LogP contribution in [-0.2, 0) is 4.74 Å². The Morgan fingerprint density at radius 2 is 2.00 bits per heavy atom. The van der Waals surface area contributed by atoms with E-state index in [0.717, 1.165) is 0 Å². The van der Waals surface area contributed by atoms with Crippen molar-refractivity contribution < 1.29 is 9.53 Å². The molecule has 1 amide bonds. The number of nitrogen functional groups attached to an aromatic ring is 1. The Bertz CT molecular complexity index is 383. The number of nitrogens with zero attached hydrogens (tertiary/aromatic N) is 1. The number of anilines is 2. The highest BCUT2D eigenvalue weighted by Crippen LogP contribution is 2.18. The van der Waals surface area contributed by atoms with Crippen LogP contribution >= 0.6 is 0 Å². The van der Waals surface area contributed by atoms with Gasteiger partial charge in [-0.1, -0.05) is 6.07 Å². The van der Waals surface area contributed by atoms with Crippen molar-refractivity contribution in [2.45, 2.75) is 26.4 Å². The third kappa shape index (κ3) is 3.46. The summed E-state index contributed by atoms with van der Waals surface area (Å²) in [6.45, 7) is 5.49. The van der Waals surface area contributed by atoms with Gasteiger partial charge in [0.1, 0.15) is 5.60 Å². The Labute approximate surface area is 96.0 Å². The minimum atomic E-state index is -0.494. The molecule has 4 nitrogen and oxygen atoms in total. The standard InChI is InChI=1S/C12H18N2O2/c1-12(2,3)16-11(15)14(4)10-7-5-6-9(13)8-10/h5-8H,13H2,1-4H3. The van der Waals surface area contributed by atoms with Gasteiger partial charge in [-0.05, 0) is 39.0 Å². The van der Waals surface area contributed by atoms with E-state index in [1.807, 2.05) is 20.8 Å². The largest absolute Gasteiger partial charge is 0.443 e. The van der Waals surface area contributed by atoms with Gasteiger partial charge in [-0.3, -0.25) is 4.90 Å². The first-order chi connectivity index (χ1) is 7.29. The summed E-state index contributed by atoms with van der Waals surface area (Å²) in [6.07, 6.45) is -0.391. The summed E-state index contributed by atoms with van der Waals surface area (Å²) in [5.74, 6) is 0. The monoisotopic (exact) mass is 222 g/mol. The van der Waals surface area contributed by atoms with Crippen molar-refractivity contribution in [3.63, 3.8) is 0 Å². The molecule has 1 aromatic rings. The Hall–Kier alpha value is -1.71. The maximum Gasteiger partial charge on any atom is 0.414 e. The quantitative estimate of drug-likeness (QED) is 0.743. The van der Waals surface area contributed by atoms with E-state index in [2.05, 4.69) is 0 Å². The molecule has 4 heteroatoms. The van der Waals surface area contributed by atoms with Crippen molar-refractivity contribution >= 4 is 17.5 Å². The van der Waals surface area contributed by atoms with Crippen molar-refractivity contribution in [2.24, 2.45) is 0 Å². The van der Waals surface area contributed by atoms with E-state index in [1.165, 1.54) is 4.90 Å². The van der Waals surface area contributed by atoms with Gasteiger partial charge >= 0.3 is 6.09 Å². The molecule has 0 bridgehead atoms. The van der Waals surface area contributed by atoms with Crippen LogP contribution in [0.1, 0.15) is 20.8 Å². The van der Waals surface area contributed by atoms with E-state index in [1.54, 1.807) is 31.3 Å². The van der Waals surface area contributed by atoms with Crippen molar-refractivity contribution in [1.29, 1.82) is 0 Å². The molecule has 0 unspecified atom stereocenters. The molecule has 0 aromatic heterocycles. The van der Waals surface area contributed by atoms with E-state index in [0.29, 0.717) is 11.4 Å². The molecule has 0 atom stereocenters. The number of amides is 1. The Morgan fingerprint density at radius 3 is 2.50 bits per heavy atom. The number of carbonyl (C=O) groups is 1. The van der Waals surface area contributed by atoms with Gasteiger partial charge in [0.2, 0.25) is 0 Å². The number of hydrogen-bond donors (Lipinski definition) is 1. The van der Waals surface area contributed by atoms with Crippen LogP contribution in [0.4, 0.5) is 16.2 Å². The number of benzene rings is 1. The topological polar surface area (TPSA) is 55.6 Å². The highest BCUT2D eigenvalue weighted by Gasteiger charge is 2.20. The molecule has 0 fully saturated rings. The Balaban J connectivity index is 2.78. The fourth-order valence-electron chi connectivity index (χ4n) is 1.17. The summed E-state index contributed by atoms with van der Waals surface area (Å²) in [4.78, 5) is 13.2. The van der Waals surface area contributed by atoms with Crippen LogP contribution in [0.25, 0.3) is 0 Å². The first-order valence-electron chi connectivity index (χ1n) is 5.12. The number of rotatable bonds is 1. The SMILES string of the molecule is CN(C(=O)OC(C)(C)C)c1cccc(N)c1. The van der Waals surface area contributed by atoms with Crippen LogP contribution in [0.15, 0.2) is 24.3 Å². The zero-order chi connectivity index (χ0) is 12.3. The van der Waals surface area contributed by atoms with Gasteiger partial charge in [-0.15, -0.1) is 0 Å². The average molecular weight is 222 g/mol. The summed E-state index contributed by atoms with van der Waals surface area (Å²) < 4.78 is 5.24. The molecule has 0 spiro atoms. The molecule has 0 saturated carbocycles. The van der Waals surface area contributed by atoms with Crippen LogP contribution < -0.4 is 10.6 Å². The summed E-state index contributed by atoms with van der Waals surface area (Å²) in [6, 6.07) is 7.10. The van der Waals surface area contributed by atoms with Crippen LogP contribution in [0, 0.1) is 0 Å². The molecule has 0 heterocycles. The number of hydrogen-bond acceptors (Lipinski definition) is 3. The smallest absolute Gasteiger partial charge is 0.414 e. The van der Waals surface area contributed by atoms with E-state index >= 15 is 0 Å². The predicted octanol–water partition coefficient (Wildman–Crippen LogP) is 2.64. The summed E-state index contributed by atoms with van der Waals surface area (Å²) in [5, 5.41) is 0. The van der Waals surface area contributed by atoms with Crippen LogP contribution in [0.5, 0.6) is 0 Å². The Kier molecular flexibility index (Phi) is 3.42. The van der Waals surface area contributed by atoms with Crippen molar-refractivity contribution in [2.75, 3.05) is 17.7 Å². The molecule has 0 aliphatic rings. The minimum Gasteiger partial charge on any atom is -0.443 e. The van der Waals surface area contributed by atoms with Gasteiger partial charge in [0.05, 0.1) is 0 Å². The van der Waals surface area contributed by atoms with Gasteiger partial charge in [0, 0.05) is 18.4 Å². The number of carbonyl (C=O) groups excluding carboxylic acids is 1. The van der Waals surface area contributed by atoms with Crippen molar-refractivity contribution in [3.05, 3.63) is 24.3 Å². The first kappa shape index (κ1) is 12.4. The number of nitrogens with two attached hydrogens (primary N) is 1. The van der Waals surface area contributed by atoms with Gasteiger partial charge < -0.3 is 10.5 Å². The summed E-state index contributed by atoms with van der Waals surface area (Å²) in [7, 11) is 1.66. The maximum atomic E-state index is 11.7. The molecule has 2 N–H and O–H groups in total. The molecular weight excluding hydrogens is 204 g/mol. The zero-order valence-electron chi connectivity index (χ0n) is 10.2. The third-order valence-electron chi connectivity index (χ3n) is 1.92. The van der Waals surface area contributed by atoms with Gasteiger partial charge in [-0.2, -0.15) is 0 Å². The second-order valence-electron chi connectivity index (χ2n) is 4.63. The second-order valence-corrected chi connectivity index (χ2v) is 4.63. The van der Waals surface area contributed by atoms with Gasteiger partial charge in [0.25, 0.3) is 0 Å². The fraction of sp³-hybridized carbons (Fsp3) is 0.417. The van der Waals surface area contributed by atoms with Crippen molar-refractivity contribution in [3.8, 4) is 0 Å². The first-order valence-corrected chi connectivity index (χ1v) is 5.12. The lowest BCUT2D eigenvalue weighted by Crippen LogP contribution is -2.34. The lowest BCUT2D eigenvalue weighted by molar-refractivity contribution is 0.0589. The maximum absolute atomic E-state index is 11.7. The van der Waals surface area contributed by atoms with E-state index < -0.39 is 11.7 Å². The molecule has 0 radical (unpaired) electrons. The Morgan fingerprint density at radius 1 is 1.38 bits per heavy atom. The van der Waals surface area contributed by atoms with E-state index in [4.69, 9.17) is 10.5 Å². The van der Waals surface area contributed by atoms with Crippen LogP contribution in [0.2, 0.25) is 0 Å². The van der Waals surface area contributed by atoms with E-state index in [-0.39, 0.29) is 0 Å². The highest BCUT2D eigenvalue weighted by molar-refractivity contribution is 5.87. The average Bonchev–Trinajstić information content (AvgIpc) is 2.14. The van der Waals surface area contributed by atoms with Crippen molar-refractivity contribution in [1.82, 2.24) is 0 Å². The lowest BCUT2D eigenvalue weighted by atomic mass is 10.2. The predicted molar refractivity (Wildman–Crippen MR) is 65.5 cm³/mol. The number of ether oxygens (including phenoxy) is 1. The molecule has 1 rings (SSSR count). The molecule has 0 saturated heterocycles. The zero-order valence-corrected chi connectivity index (χ0v) is 10.2. The molecule has 0 aliphatic heterocycles. The molecule has 1 aromatic carbocycles. The van der Waals surface area contributed by atoms with E-state index in [9.17, 15) is 4.79 Å². The third-order valence-corrected chi connectivity index (χ3v) is 1.92. The minimum absolute atomic E-state index is 0.391. The summed E-state index contributed by atoms with van der Waals surface area (Å²) in [5.41, 5.74) is 6.49. The van der Waals surface area contributed by atoms with Gasteiger partial charge in [-0.25, -0.2) is 4.79 Å². The van der Waals surface area contributed by atoms with Crippen LogP contribution in [-0.4, -0.2) is 18.7 Å². The molecular formula is C12H18N2O2. The second kappa shape index (κ2) is 4.43. The fourth-order valence-corrected chi connectivity index (χ4v) is 1.17. The van der Waals surface area contributed by atoms with Gasteiger partial charge in [0.15, 0.2) is 0 Å². The van der Waals surface area contributed by atoms with Crippen LogP contribution in [0.3, 0.4) is 0 Å². The molecule has 0 aliphatic carbocycles. The lowest BCUT2D eigenvalue weighted by Gasteiger charge is -2.24. The highest BCUT2D eigenvalue weighted by atomic mass is 16.6. The molecule has 88 valence electrons. The summed E-state index contributed by atoms with van der Waals surface area (Å²) >= 11 is 0.